The van der Waals surface area contributed by atoms with Crippen LogP contribution in [0.2, 0.25) is 0 Å². The summed E-state index contributed by atoms with van der Waals surface area (Å²) >= 11 is 1.25. The van der Waals surface area contributed by atoms with Crippen LogP contribution in [0.5, 0.6) is 0 Å². The summed E-state index contributed by atoms with van der Waals surface area (Å²) < 4.78 is 15.6. The van der Waals surface area contributed by atoms with Crippen LogP contribution in [-0.4, -0.2) is 32.7 Å². The smallest absolute Gasteiger partial charge is 0.257 e. The number of carbonyl (C=O) groups is 1. The molecule has 0 aliphatic carbocycles. The molecule has 0 saturated carbocycles. The van der Waals surface area contributed by atoms with Crippen LogP contribution in [0.25, 0.3) is 0 Å². The van der Waals surface area contributed by atoms with Crippen LogP contribution in [0.1, 0.15) is 27.9 Å². The lowest BCUT2D eigenvalue weighted by molar-refractivity contribution is -0.128. The highest BCUT2D eigenvalue weighted by atomic mass is 32.2. The number of halogens is 1. The molecule has 5 nitrogen and oxygen atoms in total. The van der Waals surface area contributed by atoms with Gasteiger partial charge in [0.15, 0.2) is 5.16 Å². The second kappa shape index (κ2) is 12.5. The predicted molar refractivity (Wildman–Crippen MR) is 146 cm³/mol. The monoisotopic (exact) mass is 515 g/mol. The quantitative estimate of drug-likeness (QED) is 0.216. The average Bonchev–Trinajstić information content (AvgIpc) is 2.92. The molecule has 3 aromatic carbocycles. The maximum Gasteiger partial charge on any atom is 0.257 e. The summed E-state index contributed by atoms with van der Waals surface area (Å²) in [4.78, 5) is 32.9. The molecule has 0 saturated heterocycles. The van der Waals surface area contributed by atoms with Crippen molar-refractivity contribution < 1.29 is 9.18 Å². The topological polar surface area (TPSA) is 55.2 Å². The summed E-state index contributed by atoms with van der Waals surface area (Å²) in [6.45, 7) is 2.86. The Morgan fingerprint density at radius 2 is 1.57 bits per heavy atom. The SMILES string of the molecule is Cc1nc(SCC(=O)N(CCc2ccccc2)Cc2ccccc2)n(C)c(=O)c1Cc1ccccc1F. The van der Waals surface area contributed by atoms with Gasteiger partial charge >= 0.3 is 0 Å². The molecule has 1 amide bonds. The minimum atomic E-state index is -0.345. The first-order chi connectivity index (χ1) is 17.9. The summed E-state index contributed by atoms with van der Waals surface area (Å²) in [5.74, 6) is -0.206. The van der Waals surface area contributed by atoms with E-state index in [2.05, 4.69) is 17.1 Å². The number of aromatic nitrogens is 2. The second-order valence-electron chi connectivity index (χ2n) is 8.92. The van der Waals surface area contributed by atoms with E-state index in [0.717, 1.165) is 12.0 Å². The van der Waals surface area contributed by atoms with Crippen LogP contribution in [-0.2, 0) is 31.2 Å². The lowest BCUT2D eigenvalue weighted by atomic mass is 10.0. The molecule has 37 heavy (non-hydrogen) atoms. The summed E-state index contributed by atoms with van der Waals surface area (Å²) in [5, 5.41) is 0.468. The van der Waals surface area contributed by atoms with Gasteiger partial charge in [-0.2, -0.15) is 0 Å². The number of hydrogen-bond donors (Lipinski definition) is 0. The molecule has 0 fully saturated rings. The molecule has 0 spiro atoms. The van der Waals surface area contributed by atoms with E-state index in [1.54, 1.807) is 32.2 Å². The Bertz CT molecular complexity index is 1410. The van der Waals surface area contributed by atoms with Gasteiger partial charge in [-0.15, -0.1) is 0 Å². The molecule has 1 aromatic heterocycles. The average molecular weight is 516 g/mol. The molecule has 7 heteroatoms. The van der Waals surface area contributed by atoms with Crippen LogP contribution in [0.3, 0.4) is 0 Å². The zero-order valence-corrected chi connectivity index (χ0v) is 21.9. The fourth-order valence-corrected chi connectivity index (χ4v) is 5.03. The van der Waals surface area contributed by atoms with Gasteiger partial charge in [0.25, 0.3) is 5.56 Å². The van der Waals surface area contributed by atoms with Gasteiger partial charge in [-0.1, -0.05) is 90.6 Å². The van der Waals surface area contributed by atoms with E-state index < -0.39 is 0 Å². The van der Waals surface area contributed by atoms with Gasteiger partial charge in [0.2, 0.25) is 5.91 Å². The van der Waals surface area contributed by atoms with Crippen LogP contribution in [0.4, 0.5) is 4.39 Å². The van der Waals surface area contributed by atoms with Gasteiger partial charge in [-0.05, 0) is 36.1 Å². The molecule has 0 bridgehead atoms. The summed E-state index contributed by atoms with van der Waals surface area (Å²) in [6.07, 6.45) is 0.928. The number of hydrogen-bond acceptors (Lipinski definition) is 4. The molecular weight excluding hydrogens is 485 g/mol. The third-order valence-corrected chi connectivity index (χ3v) is 7.30. The Hall–Kier alpha value is -3.71. The van der Waals surface area contributed by atoms with Crippen molar-refractivity contribution in [1.82, 2.24) is 14.5 Å². The van der Waals surface area contributed by atoms with Gasteiger partial charge in [-0.25, -0.2) is 9.37 Å². The minimum absolute atomic E-state index is 0.0212. The molecule has 190 valence electrons. The van der Waals surface area contributed by atoms with Gasteiger partial charge in [0.05, 0.1) is 5.75 Å². The molecule has 0 N–H and O–H groups in total. The maximum absolute atomic E-state index is 14.2. The van der Waals surface area contributed by atoms with Crippen LogP contribution in [0, 0.1) is 12.7 Å². The van der Waals surface area contributed by atoms with Crippen molar-refractivity contribution in [3.63, 3.8) is 0 Å². The third-order valence-electron chi connectivity index (χ3n) is 6.28. The number of nitrogens with zero attached hydrogens (tertiary/aromatic N) is 3. The van der Waals surface area contributed by atoms with E-state index >= 15 is 0 Å². The third kappa shape index (κ3) is 6.95. The first-order valence-corrected chi connectivity index (χ1v) is 13.2. The van der Waals surface area contributed by atoms with Crippen molar-refractivity contribution >= 4 is 17.7 Å². The minimum Gasteiger partial charge on any atom is -0.337 e. The number of benzene rings is 3. The number of thioether (sulfide) groups is 1. The standard InChI is InChI=1S/C30H30FN3O2S/c1-22-26(19-25-15-9-10-16-27(25)31)29(36)33(2)30(32-22)37-21-28(35)34(20-24-13-7-4-8-14-24)18-17-23-11-5-3-6-12-23/h3-16H,17-21H2,1-2H3. The Morgan fingerprint density at radius 1 is 0.946 bits per heavy atom. The van der Waals surface area contributed by atoms with Crippen molar-refractivity contribution in [3.8, 4) is 0 Å². The van der Waals surface area contributed by atoms with Gasteiger partial charge in [0.1, 0.15) is 5.82 Å². The molecule has 0 atom stereocenters. The van der Waals surface area contributed by atoms with Gasteiger partial charge in [-0.3, -0.25) is 14.2 Å². The van der Waals surface area contributed by atoms with Crippen molar-refractivity contribution in [3.05, 3.63) is 129 Å². The Labute approximate surface area is 221 Å². The van der Waals surface area contributed by atoms with E-state index in [-0.39, 0.29) is 29.5 Å². The van der Waals surface area contributed by atoms with Crippen LogP contribution >= 0.6 is 11.8 Å². The summed E-state index contributed by atoms with van der Waals surface area (Å²) in [7, 11) is 1.64. The first-order valence-electron chi connectivity index (χ1n) is 12.2. The summed E-state index contributed by atoms with van der Waals surface area (Å²) in [6, 6.07) is 26.5. The Balaban J connectivity index is 1.48. The normalized spacial score (nSPS) is 10.9. The van der Waals surface area contributed by atoms with Crippen molar-refractivity contribution in [2.45, 2.75) is 31.5 Å². The van der Waals surface area contributed by atoms with Crippen molar-refractivity contribution in [2.75, 3.05) is 12.3 Å². The number of carbonyl (C=O) groups excluding carboxylic acids is 1. The van der Waals surface area contributed by atoms with E-state index in [0.29, 0.717) is 35.1 Å². The molecule has 4 rings (SSSR count). The Kier molecular flexibility index (Phi) is 8.90. The molecule has 4 aromatic rings. The molecule has 0 aliphatic heterocycles. The van der Waals surface area contributed by atoms with E-state index in [1.165, 1.54) is 28.0 Å². The highest BCUT2D eigenvalue weighted by molar-refractivity contribution is 7.99. The molecule has 0 radical (unpaired) electrons. The number of rotatable bonds is 10. The van der Waals surface area contributed by atoms with Gasteiger partial charge in [0, 0.05) is 37.8 Å². The molecule has 0 aliphatic rings. The highest BCUT2D eigenvalue weighted by Gasteiger charge is 2.18. The second-order valence-corrected chi connectivity index (χ2v) is 9.86. The number of amides is 1. The zero-order valence-electron chi connectivity index (χ0n) is 21.1. The molecule has 0 unspecified atom stereocenters. The van der Waals surface area contributed by atoms with Crippen molar-refractivity contribution in [1.29, 1.82) is 0 Å². The largest absolute Gasteiger partial charge is 0.337 e. The first kappa shape index (κ1) is 26.4. The maximum atomic E-state index is 14.2. The molecular formula is C30H30FN3O2S. The fourth-order valence-electron chi connectivity index (χ4n) is 4.12. The Morgan fingerprint density at radius 3 is 2.24 bits per heavy atom. The lowest BCUT2D eigenvalue weighted by Gasteiger charge is -2.23. The fraction of sp³-hybridized carbons (Fsp3) is 0.233. The predicted octanol–water partition coefficient (Wildman–Crippen LogP) is 5.18. The summed E-state index contributed by atoms with van der Waals surface area (Å²) in [5.41, 5.74) is 3.47. The highest BCUT2D eigenvalue weighted by Crippen LogP contribution is 2.19. The van der Waals surface area contributed by atoms with Crippen LogP contribution in [0.15, 0.2) is 94.9 Å². The molecule has 1 heterocycles. The van der Waals surface area contributed by atoms with Crippen LogP contribution < -0.4 is 5.56 Å². The van der Waals surface area contributed by atoms with Crippen molar-refractivity contribution in [2.24, 2.45) is 7.05 Å². The number of aryl methyl sites for hydroxylation is 1. The van der Waals surface area contributed by atoms with Gasteiger partial charge < -0.3 is 4.90 Å². The van der Waals surface area contributed by atoms with E-state index in [4.69, 9.17) is 0 Å². The van der Waals surface area contributed by atoms with E-state index in [9.17, 15) is 14.0 Å². The lowest BCUT2D eigenvalue weighted by Crippen LogP contribution is -2.34. The zero-order chi connectivity index (χ0) is 26.2. The van der Waals surface area contributed by atoms with E-state index in [1.807, 2.05) is 53.4 Å².